The summed E-state index contributed by atoms with van der Waals surface area (Å²) in [6.45, 7) is 6.28. The number of imidazole rings is 1. The second kappa shape index (κ2) is 4.76. The lowest BCUT2D eigenvalue weighted by Crippen LogP contribution is -2.27. The van der Waals surface area contributed by atoms with Crippen molar-refractivity contribution in [1.29, 1.82) is 0 Å². The number of nitrogens with zero attached hydrogens (tertiary/aromatic N) is 2. The lowest BCUT2D eigenvalue weighted by atomic mass is 10.2. The van der Waals surface area contributed by atoms with Crippen LogP contribution in [0.5, 0.6) is 0 Å². The molecule has 2 rings (SSSR count). The number of aliphatic hydroxyl groups is 1. The van der Waals surface area contributed by atoms with E-state index in [0.717, 1.165) is 10.7 Å². The predicted molar refractivity (Wildman–Crippen MR) is 68.5 cm³/mol. The topological polar surface area (TPSA) is 46.8 Å². The molecule has 1 atom stereocenters. The minimum absolute atomic E-state index is 0.213. The molecule has 4 nitrogen and oxygen atoms in total. The first-order chi connectivity index (χ1) is 7.94. The Morgan fingerprint density at radius 1 is 1.53 bits per heavy atom. The Kier molecular flexibility index (Phi) is 3.51. The highest BCUT2D eigenvalue weighted by atomic mass is 32.1. The Balaban J connectivity index is 1.90. The molecule has 17 heavy (non-hydrogen) atoms. The zero-order valence-corrected chi connectivity index (χ0v) is 11.2. The van der Waals surface area contributed by atoms with Crippen molar-refractivity contribution in [2.24, 2.45) is 0 Å². The number of fused-ring (bicyclic) bond motifs is 1. The van der Waals surface area contributed by atoms with E-state index in [0.29, 0.717) is 13.0 Å². The summed E-state index contributed by atoms with van der Waals surface area (Å²) in [5, 5.41) is 11.8. The van der Waals surface area contributed by atoms with Crippen LogP contribution in [0, 0.1) is 0 Å². The van der Waals surface area contributed by atoms with Gasteiger partial charge in [-0.2, -0.15) is 0 Å². The minimum atomic E-state index is -0.501. The number of thiazole rings is 1. The van der Waals surface area contributed by atoms with Gasteiger partial charge in [-0.1, -0.05) is 0 Å². The normalized spacial score (nSPS) is 14.4. The number of aromatic nitrogens is 2. The van der Waals surface area contributed by atoms with Crippen molar-refractivity contribution in [3.8, 4) is 0 Å². The van der Waals surface area contributed by atoms with Gasteiger partial charge in [0, 0.05) is 24.2 Å². The molecule has 0 aliphatic carbocycles. The molecule has 0 aromatic carbocycles. The average molecular weight is 254 g/mol. The zero-order valence-electron chi connectivity index (χ0n) is 10.4. The summed E-state index contributed by atoms with van der Waals surface area (Å²) in [4.78, 5) is 5.39. The van der Waals surface area contributed by atoms with E-state index in [2.05, 4.69) is 4.98 Å². The maximum absolute atomic E-state index is 9.86. The van der Waals surface area contributed by atoms with Gasteiger partial charge >= 0.3 is 0 Å². The molecule has 0 bridgehead atoms. The maximum atomic E-state index is 9.86. The first-order valence-electron chi connectivity index (χ1n) is 5.67. The van der Waals surface area contributed by atoms with Crippen LogP contribution in [0.3, 0.4) is 0 Å². The molecule has 0 radical (unpaired) electrons. The first kappa shape index (κ1) is 12.5. The van der Waals surface area contributed by atoms with Gasteiger partial charge in [-0.25, -0.2) is 4.98 Å². The summed E-state index contributed by atoms with van der Waals surface area (Å²) in [5.41, 5.74) is 0.692. The first-order valence-corrected chi connectivity index (χ1v) is 6.55. The number of hydrogen-bond acceptors (Lipinski definition) is 4. The third kappa shape index (κ3) is 3.52. The Morgan fingerprint density at radius 3 is 2.94 bits per heavy atom. The van der Waals surface area contributed by atoms with E-state index in [-0.39, 0.29) is 5.60 Å². The second-order valence-corrected chi connectivity index (χ2v) is 5.98. The van der Waals surface area contributed by atoms with Crippen molar-refractivity contribution in [1.82, 2.24) is 9.38 Å². The highest BCUT2D eigenvalue weighted by Crippen LogP contribution is 2.13. The van der Waals surface area contributed by atoms with Crippen molar-refractivity contribution in [3.05, 3.63) is 23.5 Å². The van der Waals surface area contributed by atoms with Crippen LogP contribution >= 0.6 is 11.3 Å². The van der Waals surface area contributed by atoms with Gasteiger partial charge < -0.3 is 9.84 Å². The smallest absolute Gasteiger partial charge is 0.193 e. The third-order valence-electron chi connectivity index (χ3n) is 2.30. The molecule has 5 heteroatoms. The lowest BCUT2D eigenvalue weighted by molar-refractivity contribution is -0.0484. The average Bonchev–Trinajstić information content (AvgIpc) is 2.73. The molecule has 1 N–H and O–H groups in total. The molecule has 94 valence electrons. The Morgan fingerprint density at radius 2 is 2.29 bits per heavy atom. The fourth-order valence-electron chi connectivity index (χ4n) is 1.52. The number of aliphatic hydroxyl groups excluding tert-OH is 1. The fraction of sp³-hybridized carbons (Fsp3) is 0.583. The van der Waals surface area contributed by atoms with Gasteiger partial charge in [-0.3, -0.25) is 4.40 Å². The molecule has 2 heterocycles. The van der Waals surface area contributed by atoms with Crippen LogP contribution in [0.15, 0.2) is 17.8 Å². The van der Waals surface area contributed by atoms with E-state index in [1.165, 1.54) is 0 Å². The van der Waals surface area contributed by atoms with Crippen molar-refractivity contribution in [2.45, 2.75) is 38.9 Å². The maximum Gasteiger partial charge on any atom is 0.193 e. The molecular weight excluding hydrogens is 236 g/mol. The van der Waals surface area contributed by atoms with Crippen molar-refractivity contribution < 1.29 is 9.84 Å². The largest absolute Gasteiger partial charge is 0.390 e. The second-order valence-electron chi connectivity index (χ2n) is 5.11. The van der Waals surface area contributed by atoms with Gasteiger partial charge in [-0.05, 0) is 20.8 Å². The van der Waals surface area contributed by atoms with Gasteiger partial charge in [0.15, 0.2) is 4.96 Å². The van der Waals surface area contributed by atoms with Gasteiger partial charge in [0.1, 0.15) is 0 Å². The number of ether oxygens (including phenoxy) is 1. The molecule has 0 fully saturated rings. The quantitative estimate of drug-likeness (QED) is 0.909. The highest BCUT2D eigenvalue weighted by molar-refractivity contribution is 7.15. The van der Waals surface area contributed by atoms with Gasteiger partial charge in [0.25, 0.3) is 0 Å². The van der Waals surface area contributed by atoms with Crippen molar-refractivity contribution in [2.75, 3.05) is 6.61 Å². The van der Waals surface area contributed by atoms with E-state index < -0.39 is 6.10 Å². The van der Waals surface area contributed by atoms with E-state index in [1.54, 1.807) is 11.3 Å². The van der Waals surface area contributed by atoms with Crippen LogP contribution in [0.2, 0.25) is 0 Å². The minimum Gasteiger partial charge on any atom is -0.390 e. The van der Waals surface area contributed by atoms with Crippen LogP contribution in [-0.2, 0) is 11.2 Å². The van der Waals surface area contributed by atoms with E-state index >= 15 is 0 Å². The van der Waals surface area contributed by atoms with Gasteiger partial charge in [-0.15, -0.1) is 11.3 Å². The summed E-state index contributed by atoms with van der Waals surface area (Å²) in [5.74, 6) is 0. The van der Waals surface area contributed by atoms with Crippen LogP contribution in [-0.4, -0.2) is 32.8 Å². The summed E-state index contributed by atoms with van der Waals surface area (Å²) in [7, 11) is 0. The molecule has 0 saturated carbocycles. The van der Waals surface area contributed by atoms with Gasteiger partial charge in [0.2, 0.25) is 0 Å². The number of rotatable bonds is 4. The monoisotopic (exact) mass is 254 g/mol. The Hall–Kier alpha value is -0.910. The van der Waals surface area contributed by atoms with Crippen LogP contribution in [0.4, 0.5) is 0 Å². The number of hydrogen-bond donors (Lipinski definition) is 1. The predicted octanol–water partition coefficient (Wildman–Crippen LogP) is 2.11. The SMILES string of the molecule is CC(C)(C)OCC(O)Cc1cn2ccsc2n1. The Bertz CT molecular complexity index is 455. The van der Waals surface area contributed by atoms with Gasteiger partial charge in [0.05, 0.1) is 24.0 Å². The van der Waals surface area contributed by atoms with E-state index in [9.17, 15) is 5.11 Å². The molecular formula is C12H18N2O2S. The van der Waals surface area contributed by atoms with Crippen LogP contribution in [0.1, 0.15) is 26.5 Å². The van der Waals surface area contributed by atoms with E-state index in [1.807, 2.05) is 42.9 Å². The standard InChI is InChI=1S/C12H18N2O2S/c1-12(2,3)16-8-10(15)6-9-7-14-4-5-17-11(14)13-9/h4-5,7,10,15H,6,8H2,1-3H3. The van der Waals surface area contributed by atoms with Crippen LogP contribution < -0.4 is 0 Å². The molecule has 0 saturated heterocycles. The highest BCUT2D eigenvalue weighted by Gasteiger charge is 2.15. The fourth-order valence-corrected chi connectivity index (χ4v) is 2.24. The molecule has 2 aromatic heterocycles. The third-order valence-corrected chi connectivity index (χ3v) is 3.07. The van der Waals surface area contributed by atoms with Crippen LogP contribution in [0.25, 0.3) is 4.96 Å². The van der Waals surface area contributed by atoms with E-state index in [4.69, 9.17) is 4.74 Å². The zero-order chi connectivity index (χ0) is 12.5. The molecule has 0 aliphatic heterocycles. The summed E-state index contributed by atoms with van der Waals surface area (Å²) < 4.78 is 7.51. The lowest BCUT2D eigenvalue weighted by Gasteiger charge is -2.21. The summed E-state index contributed by atoms with van der Waals surface area (Å²) in [6.07, 6.45) is 3.95. The Labute approximate surface area is 105 Å². The van der Waals surface area contributed by atoms with Crippen molar-refractivity contribution in [3.63, 3.8) is 0 Å². The van der Waals surface area contributed by atoms with Crippen molar-refractivity contribution >= 4 is 16.3 Å². The molecule has 0 spiro atoms. The summed E-state index contributed by atoms with van der Waals surface area (Å²) >= 11 is 1.59. The molecule has 0 amide bonds. The molecule has 1 unspecified atom stereocenters. The summed E-state index contributed by atoms with van der Waals surface area (Å²) in [6, 6.07) is 0. The molecule has 0 aliphatic rings. The molecule has 2 aromatic rings.